The summed E-state index contributed by atoms with van der Waals surface area (Å²) in [5.74, 6) is -1.37. The van der Waals surface area contributed by atoms with Gasteiger partial charge < -0.3 is 10.1 Å². The first-order valence-corrected chi connectivity index (χ1v) is 6.49. The van der Waals surface area contributed by atoms with Gasteiger partial charge in [0.15, 0.2) is 0 Å². The number of rotatable bonds is 2. The highest BCUT2D eigenvalue weighted by Gasteiger charge is 2.51. The molecule has 2 aromatic rings. The van der Waals surface area contributed by atoms with E-state index < -0.39 is 17.4 Å². The van der Waals surface area contributed by atoms with Crippen LogP contribution in [0.2, 0.25) is 5.02 Å². The van der Waals surface area contributed by atoms with E-state index in [1.807, 2.05) is 0 Å². The number of alkyl halides is 1. The lowest BCUT2D eigenvalue weighted by atomic mass is 9.88. The molecule has 0 bridgehead atoms. The summed E-state index contributed by atoms with van der Waals surface area (Å²) in [6.07, 6.45) is 0. The molecule has 1 amide bonds. The molecule has 0 saturated heterocycles. The number of halogens is 3. The van der Waals surface area contributed by atoms with Crippen molar-refractivity contribution in [3.8, 4) is 5.75 Å². The van der Waals surface area contributed by atoms with Gasteiger partial charge in [0, 0.05) is 21.8 Å². The van der Waals surface area contributed by atoms with Crippen LogP contribution >= 0.6 is 11.6 Å². The predicted molar refractivity (Wildman–Crippen MR) is 74.9 cm³/mol. The summed E-state index contributed by atoms with van der Waals surface area (Å²) in [5.41, 5.74) is -2.47. The molecule has 0 fully saturated rings. The molecule has 0 saturated carbocycles. The van der Waals surface area contributed by atoms with Crippen molar-refractivity contribution in [1.82, 2.24) is 0 Å². The highest BCUT2D eigenvalue weighted by Crippen LogP contribution is 2.47. The van der Waals surface area contributed by atoms with Gasteiger partial charge in [-0.3, -0.25) is 4.79 Å². The fraction of sp³-hybridized carbons (Fsp3) is 0.133. The Hall–Kier alpha value is -2.14. The van der Waals surface area contributed by atoms with E-state index >= 15 is 4.39 Å². The molecule has 21 heavy (non-hydrogen) atoms. The quantitative estimate of drug-likeness (QED) is 0.919. The third kappa shape index (κ3) is 1.96. The highest BCUT2D eigenvalue weighted by atomic mass is 35.5. The monoisotopic (exact) mass is 309 g/mol. The van der Waals surface area contributed by atoms with E-state index in [4.69, 9.17) is 16.3 Å². The van der Waals surface area contributed by atoms with Gasteiger partial charge in [0.25, 0.3) is 5.91 Å². The summed E-state index contributed by atoms with van der Waals surface area (Å²) in [5, 5.41) is 2.66. The summed E-state index contributed by atoms with van der Waals surface area (Å²) in [6, 6.07) is 7.75. The number of carbonyl (C=O) groups excluding carboxylic acids is 1. The molecule has 108 valence electrons. The second-order valence-electron chi connectivity index (χ2n) is 4.65. The molecule has 0 radical (unpaired) electrons. The average molecular weight is 310 g/mol. The summed E-state index contributed by atoms with van der Waals surface area (Å²) < 4.78 is 34.1. The van der Waals surface area contributed by atoms with Gasteiger partial charge in [-0.25, -0.2) is 8.78 Å². The van der Waals surface area contributed by atoms with Gasteiger partial charge in [-0.2, -0.15) is 0 Å². The topological polar surface area (TPSA) is 38.3 Å². The van der Waals surface area contributed by atoms with Crippen LogP contribution in [-0.4, -0.2) is 13.0 Å². The van der Waals surface area contributed by atoms with E-state index in [9.17, 15) is 9.18 Å². The lowest BCUT2D eigenvalue weighted by Gasteiger charge is -2.21. The fourth-order valence-electron chi connectivity index (χ4n) is 2.46. The van der Waals surface area contributed by atoms with Crippen molar-refractivity contribution in [2.24, 2.45) is 0 Å². The van der Waals surface area contributed by atoms with Gasteiger partial charge >= 0.3 is 0 Å². The SMILES string of the molecule is COc1ccc(Cl)cc1C1(F)C(=O)Nc2ccc(F)cc21. The number of methoxy groups -OCH3 is 1. The minimum absolute atomic E-state index is 0.0562. The molecule has 6 heteroatoms. The van der Waals surface area contributed by atoms with Crippen LogP contribution in [0.3, 0.4) is 0 Å². The molecule has 1 heterocycles. The second-order valence-corrected chi connectivity index (χ2v) is 5.08. The average Bonchev–Trinajstić information content (AvgIpc) is 2.72. The van der Waals surface area contributed by atoms with Crippen molar-refractivity contribution in [2.45, 2.75) is 5.67 Å². The van der Waals surface area contributed by atoms with Crippen molar-refractivity contribution < 1.29 is 18.3 Å². The first-order valence-electron chi connectivity index (χ1n) is 6.11. The van der Waals surface area contributed by atoms with Crippen molar-refractivity contribution in [3.05, 3.63) is 58.4 Å². The summed E-state index contributed by atoms with van der Waals surface area (Å²) >= 11 is 5.89. The standard InChI is InChI=1S/C15H10ClF2NO2/c1-21-13-5-2-8(16)6-11(13)15(18)10-7-9(17)3-4-12(10)19-14(15)20/h2-7H,1H3,(H,19,20). The predicted octanol–water partition coefficient (Wildman–Crippen LogP) is 3.65. The van der Waals surface area contributed by atoms with Crippen LogP contribution in [0.15, 0.2) is 36.4 Å². The van der Waals surface area contributed by atoms with E-state index in [0.29, 0.717) is 0 Å². The van der Waals surface area contributed by atoms with Crippen LogP contribution in [0.5, 0.6) is 5.75 Å². The zero-order chi connectivity index (χ0) is 15.2. The van der Waals surface area contributed by atoms with Crippen LogP contribution < -0.4 is 10.1 Å². The highest BCUT2D eigenvalue weighted by molar-refractivity contribution is 6.30. The lowest BCUT2D eigenvalue weighted by molar-refractivity contribution is -0.124. The van der Waals surface area contributed by atoms with Gasteiger partial charge in [-0.1, -0.05) is 11.6 Å². The minimum Gasteiger partial charge on any atom is -0.496 e. The number of ether oxygens (including phenoxy) is 1. The Kier molecular flexibility index (Phi) is 3.10. The molecule has 3 nitrogen and oxygen atoms in total. The van der Waals surface area contributed by atoms with Gasteiger partial charge in [-0.15, -0.1) is 0 Å². The Morgan fingerprint density at radius 1 is 1.19 bits per heavy atom. The minimum atomic E-state index is -2.55. The number of benzene rings is 2. The second kappa shape index (κ2) is 4.70. The number of hydrogen-bond donors (Lipinski definition) is 1. The van der Waals surface area contributed by atoms with E-state index in [1.54, 1.807) is 0 Å². The maximum absolute atomic E-state index is 15.5. The molecule has 0 spiro atoms. The van der Waals surface area contributed by atoms with Gasteiger partial charge in [-0.05, 0) is 36.4 Å². The van der Waals surface area contributed by atoms with Crippen LogP contribution in [0.25, 0.3) is 0 Å². The van der Waals surface area contributed by atoms with Gasteiger partial charge in [0.1, 0.15) is 11.6 Å². The normalized spacial score (nSPS) is 20.1. The molecule has 0 aliphatic carbocycles. The molecule has 1 aliphatic heterocycles. The number of amides is 1. The number of carbonyl (C=O) groups is 1. The van der Waals surface area contributed by atoms with Crippen LogP contribution in [0.4, 0.5) is 14.5 Å². The van der Waals surface area contributed by atoms with Crippen molar-refractivity contribution in [1.29, 1.82) is 0 Å². The third-order valence-electron chi connectivity index (χ3n) is 3.45. The largest absolute Gasteiger partial charge is 0.496 e. The Morgan fingerprint density at radius 2 is 1.95 bits per heavy atom. The lowest BCUT2D eigenvalue weighted by Crippen LogP contribution is -2.31. The molecular weight excluding hydrogens is 300 g/mol. The number of hydrogen-bond acceptors (Lipinski definition) is 2. The van der Waals surface area contributed by atoms with Crippen LogP contribution in [-0.2, 0) is 10.5 Å². The van der Waals surface area contributed by atoms with Crippen molar-refractivity contribution in [3.63, 3.8) is 0 Å². The molecule has 1 unspecified atom stereocenters. The maximum atomic E-state index is 15.5. The first kappa shape index (κ1) is 13.8. The molecule has 2 aromatic carbocycles. The van der Waals surface area contributed by atoms with E-state index in [2.05, 4.69) is 5.32 Å². The van der Waals surface area contributed by atoms with Crippen molar-refractivity contribution >= 4 is 23.2 Å². The molecule has 1 atom stereocenters. The zero-order valence-electron chi connectivity index (χ0n) is 10.9. The zero-order valence-corrected chi connectivity index (χ0v) is 11.7. The van der Waals surface area contributed by atoms with E-state index in [1.165, 1.54) is 31.4 Å². The van der Waals surface area contributed by atoms with Gasteiger partial charge in [0.05, 0.1) is 7.11 Å². The van der Waals surface area contributed by atoms with Gasteiger partial charge in [0.2, 0.25) is 5.67 Å². The molecule has 3 rings (SSSR count). The van der Waals surface area contributed by atoms with Crippen LogP contribution in [0.1, 0.15) is 11.1 Å². The summed E-state index contributed by atoms with van der Waals surface area (Å²) in [7, 11) is 1.36. The number of anilines is 1. The van der Waals surface area contributed by atoms with Crippen LogP contribution in [0, 0.1) is 5.82 Å². The summed E-state index contributed by atoms with van der Waals surface area (Å²) in [6.45, 7) is 0. The molecule has 1 aliphatic rings. The fourth-order valence-corrected chi connectivity index (χ4v) is 2.63. The molecular formula is C15H10ClF2NO2. The van der Waals surface area contributed by atoms with E-state index in [-0.39, 0.29) is 27.6 Å². The first-order chi connectivity index (χ1) is 9.96. The molecule has 0 aromatic heterocycles. The van der Waals surface area contributed by atoms with Crippen molar-refractivity contribution in [2.75, 3.05) is 12.4 Å². The summed E-state index contributed by atoms with van der Waals surface area (Å²) in [4.78, 5) is 12.1. The Balaban J connectivity index is 2.29. The van der Waals surface area contributed by atoms with E-state index in [0.717, 1.165) is 12.1 Å². The third-order valence-corrected chi connectivity index (χ3v) is 3.68. The Bertz CT molecular complexity index is 750. The Labute approximate surface area is 124 Å². The Morgan fingerprint density at radius 3 is 2.67 bits per heavy atom. The number of fused-ring (bicyclic) bond motifs is 1. The molecule has 1 N–H and O–H groups in total. The smallest absolute Gasteiger partial charge is 0.271 e. The number of nitrogens with one attached hydrogen (secondary N) is 1. The maximum Gasteiger partial charge on any atom is 0.271 e.